The number of para-hydroxylation sites is 1. The number of hydrogen-bond acceptors (Lipinski definition) is 2. The van der Waals surface area contributed by atoms with Gasteiger partial charge in [0.25, 0.3) is 0 Å². The number of nitrogens with one attached hydrogen (secondary N) is 2. The second-order valence-corrected chi connectivity index (χ2v) is 8.10. The molecule has 0 radical (unpaired) electrons. The van der Waals surface area contributed by atoms with E-state index in [1.807, 2.05) is 6.07 Å². The first-order valence-electron chi connectivity index (χ1n) is 9.49. The molecule has 0 saturated carbocycles. The molecule has 3 aromatic carbocycles. The van der Waals surface area contributed by atoms with Gasteiger partial charge in [0.2, 0.25) is 0 Å². The number of methoxy groups -OCH3 is 1. The molecule has 5 rings (SSSR count). The highest BCUT2D eigenvalue weighted by atomic mass is 79.9. The number of ether oxygens (including phenoxy) is 1. The van der Waals surface area contributed by atoms with E-state index in [1.165, 1.54) is 33.3 Å². The Labute approximate surface area is 172 Å². The van der Waals surface area contributed by atoms with E-state index < -0.39 is 0 Å². The minimum atomic E-state index is 0.232. The molecule has 0 unspecified atom stereocenters. The van der Waals surface area contributed by atoms with Crippen molar-refractivity contribution in [2.75, 3.05) is 12.4 Å². The highest BCUT2D eigenvalue weighted by Gasteiger charge is 2.31. The zero-order valence-corrected chi connectivity index (χ0v) is 17.2. The monoisotopic (exact) mass is 432 g/mol. The summed E-state index contributed by atoms with van der Waals surface area (Å²) in [5.74, 6) is 1.17. The van der Waals surface area contributed by atoms with Gasteiger partial charge in [-0.2, -0.15) is 0 Å². The van der Waals surface area contributed by atoms with Crippen LogP contribution in [0, 0.1) is 0 Å². The van der Waals surface area contributed by atoms with Gasteiger partial charge in [0, 0.05) is 33.2 Å². The molecule has 0 saturated heterocycles. The van der Waals surface area contributed by atoms with E-state index in [2.05, 4.69) is 93.1 Å². The molecule has 0 aliphatic carbocycles. The Morgan fingerprint density at radius 3 is 2.61 bits per heavy atom. The smallest absolute Gasteiger partial charge is 0.119 e. The van der Waals surface area contributed by atoms with Crippen LogP contribution < -0.4 is 10.1 Å². The number of rotatable bonds is 3. The summed E-state index contributed by atoms with van der Waals surface area (Å²) in [5, 5.41) is 5.04. The lowest BCUT2D eigenvalue weighted by Crippen LogP contribution is -2.22. The first-order chi connectivity index (χ1) is 13.7. The number of hydrogen-bond donors (Lipinski definition) is 2. The van der Waals surface area contributed by atoms with Gasteiger partial charge >= 0.3 is 0 Å². The largest absolute Gasteiger partial charge is 0.497 e. The quantitative estimate of drug-likeness (QED) is 0.381. The summed E-state index contributed by atoms with van der Waals surface area (Å²) in [6.07, 6.45) is 3.14. The minimum absolute atomic E-state index is 0.232. The molecule has 0 amide bonds. The Morgan fingerprint density at radius 1 is 0.929 bits per heavy atom. The maximum absolute atomic E-state index is 5.52. The van der Waals surface area contributed by atoms with Gasteiger partial charge in [0.05, 0.1) is 13.2 Å². The number of aromatic nitrogens is 1. The summed E-state index contributed by atoms with van der Waals surface area (Å²) in [6, 6.07) is 23.6. The van der Waals surface area contributed by atoms with Crippen LogP contribution in [0.3, 0.4) is 0 Å². The van der Waals surface area contributed by atoms with Crippen LogP contribution in [0.1, 0.15) is 35.1 Å². The van der Waals surface area contributed by atoms with E-state index in [9.17, 15) is 0 Å². The molecule has 2 N–H and O–H groups in total. The molecular formula is C24H21BrN2O. The average Bonchev–Trinajstić information content (AvgIpc) is 3.17. The molecule has 0 bridgehead atoms. The molecule has 2 atom stereocenters. The van der Waals surface area contributed by atoms with Crippen molar-refractivity contribution < 1.29 is 4.74 Å². The van der Waals surface area contributed by atoms with Gasteiger partial charge in [0.15, 0.2) is 0 Å². The Bertz CT molecular complexity index is 1150. The van der Waals surface area contributed by atoms with Gasteiger partial charge < -0.3 is 15.0 Å². The molecule has 0 fully saturated rings. The van der Waals surface area contributed by atoms with Crippen LogP contribution in [0.15, 0.2) is 77.4 Å². The molecule has 2 heterocycles. The van der Waals surface area contributed by atoms with Crippen LogP contribution in [0.5, 0.6) is 5.75 Å². The van der Waals surface area contributed by atoms with Crippen LogP contribution in [0.25, 0.3) is 10.9 Å². The van der Waals surface area contributed by atoms with Gasteiger partial charge in [-0.1, -0.05) is 52.3 Å². The number of aromatic amines is 1. The van der Waals surface area contributed by atoms with Crippen molar-refractivity contribution in [1.82, 2.24) is 4.98 Å². The number of anilines is 1. The number of fused-ring (bicyclic) bond motifs is 2. The van der Waals surface area contributed by atoms with Crippen molar-refractivity contribution >= 4 is 32.5 Å². The van der Waals surface area contributed by atoms with E-state index in [1.54, 1.807) is 7.11 Å². The highest BCUT2D eigenvalue weighted by Crippen LogP contribution is 2.47. The second-order valence-electron chi connectivity index (χ2n) is 7.25. The molecule has 140 valence electrons. The summed E-state index contributed by atoms with van der Waals surface area (Å²) in [6.45, 7) is 0. The minimum Gasteiger partial charge on any atom is -0.497 e. The fourth-order valence-electron chi connectivity index (χ4n) is 4.34. The fourth-order valence-corrected chi connectivity index (χ4v) is 4.90. The third kappa shape index (κ3) is 2.89. The topological polar surface area (TPSA) is 37.0 Å². The number of benzene rings is 3. The van der Waals surface area contributed by atoms with Crippen molar-refractivity contribution in [1.29, 1.82) is 0 Å². The van der Waals surface area contributed by atoms with Crippen LogP contribution in [-0.2, 0) is 0 Å². The molecule has 1 aromatic heterocycles. The van der Waals surface area contributed by atoms with Crippen molar-refractivity contribution in [3.63, 3.8) is 0 Å². The summed E-state index contributed by atoms with van der Waals surface area (Å²) in [7, 11) is 1.72. The SMILES string of the molecule is COc1ccc2c(c1)[C@H](c1c[nH]c3ccccc13)C[C@H](c1ccccc1Br)N2. The average molecular weight is 433 g/mol. The zero-order chi connectivity index (χ0) is 19.1. The fraction of sp³-hybridized carbons (Fsp3) is 0.167. The van der Waals surface area contributed by atoms with Gasteiger partial charge in [-0.3, -0.25) is 0 Å². The molecule has 3 nitrogen and oxygen atoms in total. The normalized spacial score (nSPS) is 18.5. The second kappa shape index (κ2) is 7.02. The highest BCUT2D eigenvalue weighted by molar-refractivity contribution is 9.10. The van der Waals surface area contributed by atoms with Crippen LogP contribution in [0.2, 0.25) is 0 Å². The third-order valence-electron chi connectivity index (χ3n) is 5.71. The zero-order valence-electron chi connectivity index (χ0n) is 15.6. The van der Waals surface area contributed by atoms with Crippen molar-refractivity contribution in [2.45, 2.75) is 18.4 Å². The van der Waals surface area contributed by atoms with E-state index in [4.69, 9.17) is 4.74 Å². The lowest BCUT2D eigenvalue weighted by Gasteiger charge is -2.34. The lowest BCUT2D eigenvalue weighted by atomic mass is 9.80. The third-order valence-corrected chi connectivity index (χ3v) is 6.43. The summed E-state index contributed by atoms with van der Waals surface area (Å²) >= 11 is 3.74. The van der Waals surface area contributed by atoms with Gasteiger partial charge in [-0.25, -0.2) is 0 Å². The summed E-state index contributed by atoms with van der Waals surface area (Å²) < 4.78 is 6.66. The maximum Gasteiger partial charge on any atom is 0.119 e. The Balaban J connectivity index is 1.67. The Hall–Kier alpha value is -2.72. The van der Waals surface area contributed by atoms with Crippen LogP contribution in [-0.4, -0.2) is 12.1 Å². The molecule has 28 heavy (non-hydrogen) atoms. The number of halogens is 1. The van der Waals surface area contributed by atoms with E-state index in [-0.39, 0.29) is 12.0 Å². The molecule has 4 heteroatoms. The Kier molecular flexibility index (Phi) is 4.36. The van der Waals surface area contributed by atoms with Gasteiger partial charge in [-0.15, -0.1) is 0 Å². The van der Waals surface area contributed by atoms with E-state index >= 15 is 0 Å². The molecule has 1 aliphatic heterocycles. The van der Waals surface area contributed by atoms with Crippen LogP contribution >= 0.6 is 15.9 Å². The standard InChI is InChI=1S/C24H21BrN2O/c1-28-15-10-11-23-19(12-15)18(20-14-26-22-9-5-3-6-16(20)22)13-24(27-23)17-7-2-4-8-21(17)25/h2-12,14,18,24,26-27H,13H2,1H3/t18-,24-/m1/s1. The summed E-state index contributed by atoms with van der Waals surface area (Å²) in [5.41, 5.74) is 6.26. The predicted molar refractivity (Wildman–Crippen MR) is 118 cm³/mol. The van der Waals surface area contributed by atoms with Crippen molar-refractivity contribution in [2.24, 2.45) is 0 Å². The van der Waals surface area contributed by atoms with Gasteiger partial charge in [-0.05, 0) is 53.4 Å². The van der Waals surface area contributed by atoms with E-state index in [0.717, 1.165) is 16.6 Å². The molecular weight excluding hydrogens is 412 g/mol. The van der Waals surface area contributed by atoms with E-state index in [0.29, 0.717) is 0 Å². The molecule has 0 spiro atoms. The molecule has 4 aromatic rings. The first kappa shape index (κ1) is 17.4. The van der Waals surface area contributed by atoms with Crippen molar-refractivity contribution in [3.05, 3.63) is 94.1 Å². The Morgan fingerprint density at radius 2 is 1.75 bits per heavy atom. The molecule has 1 aliphatic rings. The predicted octanol–water partition coefficient (Wildman–Crippen LogP) is 6.63. The lowest BCUT2D eigenvalue weighted by molar-refractivity contribution is 0.413. The number of H-pyrrole nitrogens is 1. The first-order valence-corrected chi connectivity index (χ1v) is 10.3. The van der Waals surface area contributed by atoms with Crippen molar-refractivity contribution in [3.8, 4) is 5.75 Å². The van der Waals surface area contributed by atoms with Crippen LogP contribution in [0.4, 0.5) is 5.69 Å². The summed E-state index contributed by atoms with van der Waals surface area (Å²) in [4.78, 5) is 3.45. The maximum atomic E-state index is 5.52. The van der Waals surface area contributed by atoms with Gasteiger partial charge in [0.1, 0.15) is 5.75 Å².